The number of para-hydroxylation sites is 1. The molecule has 0 amide bonds. The van der Waals surface area contributed by atoms with Crippen LogP contribution >= 0.6 is 0 Å². The highest BCUT2D eigenvalue weighted by Gasteiger charge is 2.43. The summed E-state index contributed by atoms with van der Waals surface area (Å²) < 4.78 is 62.7. The highest BCUT2D eigenvalue weighted by Crippen LogP contribution is 2.36. The second-order valence-electron chi connectivity index (χ2n) is 4.22. The van der Waals surface area contributed by atoms with E-state index in [1.165, 1.54) is 30.3 Å². The Bertz CT molecular complexity index is 657. The SMILES string of the molecule is Fc1cccc2c1OB(c1ccccc1C(F)(F)F)O2. The molecule has 0 unspecified atom stereocenters. The molecule has 1 heterocycles. The van der Waals surface area contributed by atoms with E-state index in [2.05, 4.69) is 0 Å². The summed E-state index contributed by atoms with van der Waals surface area (Å²) in [5.74, 6) is -0.754. The molecule has 0 N–H and O–H groups in total. The Hall–Kier alpha value is -2.18. The van der Waals surface area contributed by atoms with Gasteiger partial charge in [0.15, 0.2) is 11.6 Å². The van der Waals surface area contributed by atoms with Gasteiger partial charge < -0.3 is 9.31 Å². The number of rotatable bonds is 1. The maximum atomic E-state index is 13.5. The number of halogens is 4. The molecule has 2 aromatic carbocycles. The van der Waals surface area contributed by atoms with Gasteiger partial charge in [0.05, 0.1) is 5.56 Å². The van der Waals surface area contributed by atoms with Crippen molar-refractivity contribution in [3.05, 3.63) is 53.8 Å². The lowest BCUT2D eigenvalue weighted by atomic mass is 9.76. The van der Waals surface area contributed by atoms with Crippen molar-refractivity contribution < 1.29 is 26.9 Å². The molecule has 0 spiro atoms. The summed E-state index contributed by atoms with van der Waals surface area (Å²) in [5.41, 5.74) is -1.05. The van der Waals surface area contributed by atoms with E-state index in [-0.39, 0.29) is 17.0 Å². The summed E-state index contributed by atoms with van der Waals surface area (Å²) in [5, 5.41) is 0. The molecule has 0 radical (unpaired) electrons. The Kier molecular flexibility index (Phi) is 2.85. The van der Waals surface area contributed by atoms with Crippen molar-refractivity contribution >= 4 is 12.6 Å². The van der Waals surface area contributed by atoms with Crippen LogP contribution in [0.2, 0.25) is 0 Å². The molecule has 0 atom stereocenters. The molecule has 0 aromatic heterocycles. The highest BCUT2D eigenvalue weighted by molar-refractivity contribution is 6.64. The first kappa shape index (κ1) is 12.8. The van der Waals surface area contributed by atoms with Crippen molar-refractivity contribution in [3.8, 4) is 11.5 Å². The number of alkyl halides is 3. The van der Waals surface area contributed by atoms with Crippen LogP contribution in [-0.4, -0.2) is 7.12 Å². The zero-order chi connectivity index (χ0) is 14.3. The predicted molar refractivity (Wildman–Crippen MR) is 64.5 cm³/mol. The number of fused-ring (bicyclic) bond motifs is 1. The van der Waals surface area contributed by atoms with Gasteiger partial charge in [-0.15, -0.1) is 0 Å². The molecular formula is C13H7BF4O2. The van der Waals surface area contributed by atoms with Gasteiger partial charge in [0.1, 0.15) is 5.75 Å². The summed E-state index contributed by atoms with van der Waals surface area (Å²) >= 11 is 0. The van der Waals surface area contributed by atoms with Crippen LogP contribution in [0, 0.1) is 5.82 Å². The number of hydrogen-bond acceptors (Lipinski definition) is 2. The summed E-state index contributed by atoms with van der Waals surface area (Å²) in [6.45, 7) is 0. The number of hydrogen-bond donors (Lipinski definition) is 0. The van der Waals surface area contributed by atoms with E-state index in [9.17, 15) is 17.6 Å². The molecule has 2 nitrogen and oxygen atoms in total. The maximum Gasteiger partial charge on any atom is 0.633 e. The van der Waals surface area contributed by atoms with Crippen LogP contribution < -0.4 is 14.8 Å². The van der Waals surface area contributed by atoms with E-state index in [0.717, 1.165) is 12.1 Å². The van der Waals surface area contributed by atoms with Gasteiger partial charge in [0, 0.05) is 5.46 Å². The van der Waals surface area contributed by atoms with Crippen LogP contribution in [0.25, 0.3) is 0 Å². The van der Waals surface area contributed by atoms with Gasteiger partial charge in [0.25, 0.3) is 0 Å². The third kappa shape index (κ3) is 2.09. The van der Waals surface area contributed by atoms with Gasteiger partial charge in [-0.05, 0) is 12.1 Å². The van der Waals surface area contributed by atoms with Gasteiger partial charge in [0.2, 0.25) is 0 Å². The minimum absolute atomic E-state index is 0.0898. The molecular weight excluding hydrogens is 275 g/mol. The maximum absolute atomic E-state index is 13.5. The lowest BCUT2D eigenvalue weighted by Gasteiger charge is -2.13. The van der Waals surface area contributed by atoms with E-state index < -0.39 is 24.7 Å². The van der Waals surface area contributed by atoms with Gasteiger partial charge in [-0.25, -0.2) is 4.39 Å². The van der Waals surface area contributed by atoms with Crippen LogP contribution in [0.15, 0.2) is 42.5 Å². The summed E-state index contributed by atoms with van der Waals surface area (Å²) in [7, 11) is -1.31. The second-order valence-corrected chi connectivity index (χ2v) is 4.22. The van der Waals surface area contributed by atoms with Crippen molar-refractivity contribution in [1.29, 1.82) is 0 Å². The van der Waals surface area contributed by atoms with Crippen LogP contribution in [0.4, 0.5) is 17.6 Å². The quantitative estimate of drug-likeness (QED) is 0.591. The van der Waals surface area contributed by atoms with E-state index in [0.29, 0.717) is 0 Å². The van der Waals surface area contributed by atoms with Crippen LogP contribution in [0.1, 0.15) is 5.56 Å². The first-order chi connectivity index (χ1) is 9.47. The van der Waals surface area contributed by atoms with Gasteiger partial charge in [-0.3, -0.25) is 0 Å². The Labute approximate surface area is 112 Å². The zero-order valence-corrected chi connectivity index (χ0v) is 9.95. The first-order valence-electron chi connectivity index (χ1n) is 5.75. The van der Waals surface area contributed by atoms with Crippen LogP contribution in [0.5, 0.6) is 11.5 Å². The topological polar surface area (TPSA) is 18.5 Å². The molecule has 0 saturated carbocycles. The summed E-state index contributed by atoms with van der Waals surface area (Å²) in [6.07, 6.45) is -4.53. The van der Waals surface area contributed by atoms with Crippen molar-refractivity contribution in [1.82, 2.24) is 0 Å². The minimum Gasteiger partial charge on any atom is -0.519 e. The monoisotopic (exact) mass is 282 g/mol. The van der Waals surface area contributed by atoms with Crippen molar-refractivity contribution in [2.24, 2.45) is 0 Å². The normalized spacial score (nSPS) is 13.7. The molecule has 102 valence electrons. The fourth-order valence-corrected chi connectivity index (χ4v) is 2.03. The molecule has 0 fully saturated rings. The molecule has 2 aromatic rings. The fraction of sp³-hybridized carbons (Fsp3) is 0.0769. The molecule has 0 saturated heterocycles. The van der Waals surface area contributed by atoms with E-state index in [1.54, 1.807) is 0 Å². The molecule has 7 heteroatoms. The van der Waals surface area contributed by atoms with E-state index >= 15 is 0 Å². The Morgan fingerprint density at radius 2 is 1.65 bits per heavy atom. The Morgan fingerprint density at radius 3 is 2.35 bits per heavy atom. The standard InChI is InChI=1S/C13H7BF4O2/c15-10-6-3-7-11-12(10)20-14(19-11)9-5-2-1-4-8(9)13(16,17)18/h1-7H. The van der Waals surface area contributed by atoms with Crippen LogP contribution in [0.3, 0.4) is 0 Å². The van der Waals surface area contributed by atoms with E-state index in [4.69, 9.17) is 9.31 Å². The molecule has 0 bridgehead atoms. The zero-order valence-electron chi connectivity index (χ0n) is 9.95. The number of benzene rings is 2. The highest BCUT2D eigenvalue weighted by atomic mass is 19.4. The Balaban J connectivity index is 2.00. The summed E-state index contributed by atoms with van der Waals surface area (Å²) in [6, 6.07) is 8.88. The molecule has 3 rings (SSSR count). The second kappa shape index (κ2) is 4.43. The predicted octanol–water partition coefficient (Wildman–Crippen LogP) is 3.01. The third-order valence-corrected chi connectivity index (χ3v) is 2.91. The van der Waals surface area contributed by atoms with E-state index in [1.807, 2.05) is 0 Å². The average Bonchev–Trinajstić information content (AvgIpc) is 2.83. The first-order valence-corrected chi connectivity index (χ1v) is 5.75. The van der Waals surface area contributed by atoms with Crippen molar-refractivity contribution in [2.75, 3.05) is 0 Å². The van der Waals surface area contributed by atoms with Gasteiger partial charge >= 0.3 is 13.3 Å². The lowest BCUT2D eigenvalue weighted by molar-refractivity contribution is -0.136. The lowest BCUT2D eigenvalue weighted by Crippen LogP contribution is -2.43. The molecule has 1 aliphatic rings. The molecule has 20 heavy (non-hydrogen) atoms. The van der Waals surface area contributed by atoms with Gasteiger partial charge in [-0.1, -0.05) is 30.3 Å². The Morgan fingerprint density at radius 1 is 0.900 bits per heavy atom. The summed E-state index contributed by atoms with van der Waals surface area (Å²) in [4.78, 5) is 0. The molecule has 0 aliphatic carbocycles. The van der Waals surface area contributed by atoms with Gasteiger partial charge in [-0.2, -0.15) is 13.2 Å². The smallest absolute Gasteiger partial charge is 0.519 e. The van der Waals surface area contributed by atoms with Crippen molar-refractivity contribution in [2.45, 2.75) is 6.18 Å². The van der Waals surface area contributed by atoms with Crippen LogP contribution in [-0.2, 0) is 6.18 Å². The van der Waals surface area contributed by atoms with Crippen molar-refractivity contribution in [3.63, 3.8) is 0 Å². The third-order valence-electron chi connectivity index (χ3n) is 2.91. The minimum atomic E-state index is -4.53. The average molecular weight is 282 g/mol. The largest absolute Gasteiger partial charge is 0.633 e. The molecule has 1 aliphatic heterocycles. The fourth-order valence-electron chi connectivity index (χ4n) is 2.03.